The van der Waals surface area contributed by atoms with E-state index in [0.29, 0.717) is 12.3 Å². The molecule has 0 unspecified atom stereocenters. The van der Waals surface area contributed by atoms with E-state index in [0.717, 1.165) is 18.8 Å². The van der Waals surface area contributed by atoms with Gasteiger partial charge in [-0.05, 0) is 56.8 Å². The quantitative estimate of drug-likeness (QED) is 0.447. The zero-order valence-corrected chi connectivity index (χ0v) is 12.4. The van der Waals surface area contributed by atoms with Crippen molar-refractivity contribution in [3.8, 4) is 0 Å². The van der Waals surface area contributed by atoms with Crippen molar-refractivity contribution in [1.82, 2.24) is 0 Å². The fourth-order valence-corrected chi connectivity index (χ4v) is 2.71. The summed E-state index contributed by atoms with van der Waals surface area (Å²) in [5, 5.41) is 0. The van der Waals surface area contributed by atoms with Crippen LogP contribution in [0.5, 0.6) is 0 Å². The molecule has 1 saturated carbocycles. The molecule has 1 heteroatoms. The molecule has 0 aromatic carbocycles. The van der Waals surface area contributed by atoms with Crippen LogP contribution in [0.2, 0.25) is 0 Å². The standard InChI is InChI=1S/C18H29F/c1-3-5-7-8-16-10-12-17(13-11-16)14-15-18(19)9-6-4-2/h4,7-8,15-17H,2-3,5-6,9-14H2,1H3/b8-7+,18-15+. The second kappa shape index (κ2) is 10.00. The number of rotatable bonds is 8. The van der Waals surface area contributed by atoms with E-state index in [4.69, 9.17) is 0 Å². The third-order valence-electron chi connectivity index (χ3n) is 4.01. The fourth-order valence-electron chi connectivity index (χ4n) is 2.71. The average molecular weight is 264 g/mol. The van der Waals surface area contributed by atoms with Crippen LogP contribution in [0.15, 0.2) is 36.7 Å². The van der Waals surface area contributed by atoms with E-state index in [1.54, 1.807) is 12.2 Å². The Hall–Kier alpha value is -0.850. The molecule has 0 heterocycles. The van der Waals surface area contributed by atoms with Crippen LogP contribution in [0, 0.1) is 11.8 Å². The first-order chi connectivity index (χ1) is 9.26. The lowest BCUT2D eigenvalue weighted by Gasteiger charge is -2.26. The van der Waals surface area contributed by atoms with Gasteiger partial charge < -0.3 is 0 Å². The first-order valence-corrected chi connectivity index (χ1v) is 7.88. The number of hydrogen-bond donors (Lipinski definition) is 0. The van der Waals surface area contributed by atoms with E-state index in [9.17, 15) is 4.39 Å². The first kappa shape index (κ1) is 16.2. The van der Waals surface area contributed by atoms with Crippen molar-refractivity contribution in [3.63, 3.8) is 0 Å². The molecule has 0 saturated heterocycles. The highest BCUT2D eigenvalue weighted by atomic mass is 19.1. The highest BCUT2D eigenvalue weighted by molar-refractivity contribution is 4.96. The molecule has 0 atom stereocenters. The Morgan fingerprint density at radius 2 is 1.95 bits per heavy atom. The average Bonchev–Trinajstić information content (AvgIpc) is 2.44. The maximum Gasteiger partial charge on any atom is 0.0963 e. The maximum absolute atomic E-state index is 13.4. The summed E-state index contributed by atoms with van der Waals surface area (Å²) in [5.74, 6) is 1.52. The summed E-state index contributed by atoms with van der Waals surface area (Å²) in [5.41, 5.74) is 0. The van der Waals surface area contributed by atoms with Gasteiger partial charge in [0, 0.05) is 6.42 Å². The van der Waals surface area contributed by atoms with Gasteiger partial charge in [-0.2, -0.15) is 0 Å². The van der Waals surface area contributed by atoms with E-state index >= 15 is 0 Å². The van der Waals surface area contributed by atoms with Crippen molar-refractivity contribution >= 4 is 0 Å². The SMILES string of the molecule is C=CCC/C(F)=C\CC1CCC(/C=C/CCC)CC1. The Bertz CT molecular complexity index is 293. The Balaban J connectivity index is 2.21. The van der Waals surface area contributed by atoms with Crippen molar-refractivity contribution in [2.24, 2.45) is 11.8 Å². The highest BCUT2D eigenvalue weighted by Crippen LogP contribution is 2.32. The maximum atomic E-state index is 13.4. The van der Waals surface area contributed by atoms with E-state index in [-0.39, 0.29) is 5.83 Å². The monoisotopic (exact) mass is 264 g/mol. The number of halogens is 1. The fraction of sp³-hybridized carbons (Fsp3) is 0.667. The van der Waals surface area contributed by atoms with E-state index in [2.05, 4.69) is 25.7 Å². The molecule has 0 aliphatic heterocycles. The lowest BCUT2D eigenvalue weighted by Crippen LogP contribution is -2.12. The Morgan fingerprint density at radius 1 is 1.21 bits per heavy atom. The molecule has 0 amide bonds. The van der Waals surface area contributed by atoms with Crippen molar-refractivity contribution < 1.29 is 4.39 Å². The Kier molecular flexibility index (Phi) is 8.53. The summed E-state index contributed by atoms with van der Waals surface area (Å²) in [4.78, 5) is 0. The zero-order chi connectivity index (χ0) is 13.9. The van der Waals surface area contributed by atoms with Crippen LogP contribution < -0.4 is 0 Å². The van der Waals surface area contributed by atoms with Crippen LogP contribution in [0.4, 0.5) is 4.39 Å². The van der Waals surface area contributed by atoms with Gasteiger partial charge in [-0.3, -0.25) is 0 Å². The van der Waals surface area contributed by atoms with Crippen LogP contribution >= 0.6 is 0 Å². The molecular formula is C18H29F. The van der Waals surface area contributed by atoms with Crippen LogP contribution in [-0.2, 0) is 0 Å². The molecule has 0 bridgehead atoms. The van der Waals surface area contributed by atoms with Gasteiger partial charge in [0.25, 0.3) is 0 Å². The van der Waals surface area contributed by atoms with Crippen molar-refractivity contribution in [2.75, 3.05) is 0 Å². The summed E-state index contributed by atoms with van der Waals surface area (Å²) in [6, 6.07) is 0. The first-order valence-electron chi connectivity index (χ1n) is 7.88. The highest BCUT2D eigenvalue weighted by Gasteiger charge is 2.18. The molecule has 0 N–H and O–H groups in total. The molecule has 1 fully saturated rings. The lowest BCUT2D eigenvalue weighted by atomic mass is 9.80. The van der Waals surface area contributed by atoms with Gasteiger partial charge in [0.1, 0.15) is 0 Å². The lowest BCUT2D eigenvalue weighted by molar-refractivity contribution is 0.310. The molecule has 0 radical (unpaired) electrons. The minimum atomic E-state index is 0.0462. The van der Waals surface area contributed by atoms with Gasteiger partial charge in [-0.25, -0.2) is 4.39 Å². The topological polar surface area (TPSA) is 0 Å². The van der Waals surface area contributed by atoms with E-state index < -0.39 is 0 Å². The van der Waals surface area contributed by atoms with Crippen LogP contribution in [0.25, 0.3) is 0 Å². The number of allylic oxidation sites excluding steroid dienone is 5. The third-order valence-corrected chi connectivity index (χ3v) is 4.01. The summed E-state index contributed by atoms with van der Waals surface area (Å²) < 4.78 is 13.4. The minimum absolute atomic E-state index is 0.0462. The smallest absolute Gasteiger partial charge is 0.0963 e. The molecule has 19 heavy (non-hydrogen) atoms. The number of hydrogen-bond acceptors (Lipinski definition) is 0. The molecule has 1 aliphatic rings. The predicted molar refractivity (Wildman–Crippen MR) is 82.7 cm³/mol. The van der Waals surface area contributed by atoms with E-state index in [1.807, 2.05) is 0 Å². The van der Waals surface area contributed by atoms with E-state index in [1.165, 1.54) is 38.5 Å². The summed E-state index contributed by atoms with van der Waals surface area (Å²) in [6.45, 7) is 5.84. The van der Waals surface area contributed by atoms with Gasteiger partial charge in [0.2, 0.25) is 0 Å². The molecule has 108 valence electrons. The van der Waals surface area contributed by atoms with Gasteiger partial charge >= 0.3 is 0 Å². The molecule has 0 spiro atoms. The Morgan fingerprint density at radius 3 is 2.58 bits per heavy atom. The summed E-state index contributed by atoms with van der Waals surface area (Å²) in [6.07, 6.45) is 18.0. The zero-order valence-electron chi connectivity index (χ0n) is 12.4. The normalized spacial score (nSPS) is 24.8. The molecule has 0 nitrogen and oxygen atoms in total. The summed E-state index contributed by atoms with van der Waals surface area (Å²) >= 11 is 0. The molecule has 1 rings (SSSR count). The van der Waals surface area contributed by atoms with Gasteiger partial charge in [0.05, 0.1) is 5.83 Å². The van der Waals surface area contributed by atoms with Gasteiger partial charge in [0.15, 0.2) is 0 Å². The Labute approximate surface area is 118 Å². The molecular weight excluding hydrogens is 235 g/mol. The molecule has 0 aromatic rings. The van der Waals surface area contributed by atoms with Crippen LogP contribution in [0.3, 0.4) is 0 Å². The molecule has 1 aliphatic carbocycles. The van der Waals surface area contributed by atoms with Crippen LogP contribution in [0.1, 0.15) is 64.7 Å². The summed E-state index contributed by atoms with van der Waals surface area (Å²) in [7, 11) is 0. The van der Waals surface area contributed by atoms with Gasteiger partial charge in [-0.1, -0.05) is 37.6 Å². The van der Waals surface area contributed by atoms with Crippen LogP contribution in [-0.4, -0.2) is 0 Å². The number of unbranched alkanes of at least 4 members (excludes halogenated alkanes) is 1. The minimum Gasteiger partial charge on any atom is -0.212 e. The second-order valence-corrected chi connectivity index (χ2v) is 5.71. The third kappa shape index (κ3) is 7.34. The second-order valence-electron chi connectivity index (χ2n) is 5.71. The van der Waals surface area contributed by atoms with Gasteiger partial charge in [-0.15, -0.1) is 6.58 Å². The largest absolute Gasteiger partial charge is 0.212 e. The van der Waals surface area contributed by atoms with Crippen molar-refractivity contribution in [2.45, 2.75) is 64.7 Å². The van der Waals surface area contributed by atoms with Crippen molar-refractivity contribution in [1.29, 1.82) is 0 Å². The molecule has 0 aromatic heterocycles. The van der Waals surface area contributed by atoms with Crippen molar-refractivity contribution in [3.05, 3.63) is 36.7 Å². The predicted octanol–water partition coefficient (Wildman–Crippen LogP) is 6.36.